The zero-order valence-electron chi connectivity index (χ0n) is 35.3. The fourth-order valence-electron chi connectivity index (χ4n) is 6.55. The zero-order valence-corrected chi connectivity index (χ0v) is 37.9. The standard InChI is InChI=1S/C37H47Si.3C3H7O.Ti/c1-25-18-26(2)20-33(19-25)38(32-16-14-13-15-17-32,37(12)24-27(3)28(4)29(37)5)34-22-30(35(6,7)8)21-31(23-34)36(9,10)11;3*1-3(2)4;/h13-23H,1-12H3;3*3H,1-2H3;/q4*-1;+4. The van der Waals surface area contributed by atoms with Crippen LogP contribution < -0.4 is 30.9 Å². The van der Waals surface area contributed by atoms with Gasteiger partial charge in [-0.3, -0.25) is 6.08 Å². The second kappa shape index (κ2) is 19.9. The van der Waals surface area contributed by atoms with Gasteiger partial charge in [0.05, 0.1) is 0 Å². The van der Waals surface area contributed by atoms with Crippen LogP contribution >= 0.6 is 0 Å². The second-order valence-electron chi connectivity index (χ2n) is 17.1. The summed E-state index contributed by atoms with van der Waals surface area (Å²) >= 11 is 0. The van der Waals surface area contributed by atoms with Crippen molar-refractivity contribution in [1.82, 2.24) is 0 Å². The monoisotopic (exact) mass is 744 g/mol. The number of aryl methyl sites for hydroxylation is 2. The van der Waals surface area contributed by atoms with Crippen molar-refractivity contribution < 1.29 is 37.0 Å². The molecular weight excluding hydrogens is 676 g/mol. The predicted molar refractivity (Wildman–Crippen MR) is 215 cm³/mol. The first-order chi connectivity index (χ1) is 22.7. The predicted octanol–water partition coefficient (Wildman–Crippen LogP) is 7.49. The fraction of sp³-hybridized carbons (Fsp3) is 0.522. The number of allylic oxidation sites excluding steroid dienone is 4. The molecule has 0 saturated carbocycles. The van der Waals surface area contributed by atoms with Crippen LogP contribution in [-0.4, -0.2) is 26.4 Å². The van der Waals surface area contributed by atoms with E-state index in [0.717, 1.165) is 0 Å². The van der Waals surface area contributed by atoms with Crippen LogP contribution in [0.15, 0.2) is 83.4 Å². The molecule has 0 bridgehead atoms. The van der Waals surface area contributed by atoms with E-state index in [9.17, 15) is 15.3 Å². The zero-order chi connectivity index (χ0) is 39.0. The van der Waals surface area contributed by atoms with Crippen LogP contribution in [0.1, 0.15) is 133 Å². The van der Waals surface area contributed by atoms with Crippen LogP contribution in [-0.2, 0) is 32.5 Å². The molecule has 0 heterocycles. The topological polar surface area (TPSA) is 69.2 Å². The Bertz CT molecular complexity index is 1510. The average Bonchev–Trinajstić information content (AvgIpc) is 3.14. The summed E-state index contributed by atoms with van der Waals surface area (Å²) in [5, 5.41) is 32.8. The molecule has 0 radical (unpaired) electrons. The Hall–Kier alpha value is -2.05. The molecule has 0 aliphatic heterocycles. The van der Waals surface area contributed by atoms with Crippen LogP contribution in [0.4, 0.5) is 0 Å². The Morgan fingerprint density at radius 1 is 0.569 bits per heavy atom. The van der Waals surface area contributed by atoms with Gasteiger partial charge >= 0.3 is 21.7 Å². The first-order valence-electron chi connectivity index (χ1n) is 18.3. The number of benzene rings is 3. The first kappa shape index (κ1) is 49.0. The van der Waals surface area contributed by atoms with Crippen LogP contribution in [0.25, 0.3) is 0 Å². The number of hydrogen-bond donors (Lipinski definition) is 0. The minimum Gasteiger partial charge on any atom is -0.852 e. The Morgan fingerprint density at radius 3 is 1.24 bits per heavy atom. The summed E-state index contributed by atoms with van der Waals surface area (Å²) in [5.41, 5.74) is 9.73. The molecule has 3 nitrogen and oxygen atoms in total. The third-order valence-corrected chi connectivity index (χ3v) is 14.5. The van der Waals surface area contributed by atoms with Crippen molar-refractivity contribution in [3.05, 3.63) is 112 Å². The van der Waals surface area contributed by atoms with Gasteiger partial charge in [-0.05, 0) is 51.4 Å². The van der Waals surface area contributed by atoms with Crippen molar-refractivity contribution in [2.75, 3.05) is 0 Å². The van der Waals surface area contributed by atoms with Gasteiger partial charge < -0.3 is 15.3 Å². The molecule has 2 atom stereocenters. The van der Waals surface area contributed by atoms with E-state index in [2.05, 4.69) is 156 Å². The maximum atomic E-state index is 9.53. The first-order valence-corrected chi connectivity index (χ1v) is 20.3. The molecule has 51 heavy (non-hydrogen) atoms. The van der Waals surface area contributed by atoms with Gasteiger partial charge in [-0.15, -0.1) is 25.2 Å². The second-order valence-corrected chi connectivity index (χ2v) is 21.3. The van der Waals surface area contributed by atoms with Crippen molar-refractivity contribution in [3.63, 3.8) is 0 Å². The smallest absolute Gasteiger partial charge is 0.852 e. The van der Waals surface area contributed by atoms with E-state index in [-0.39, 0.29) is 37.6 Å². The summed E-state index contributed by atoms with van der Waals surface area (Å²) < 4.78 is 0. The molecule has 3 aromatic rings. The van der Waals surface area contributed by atoms with E-state index in [1.54, 1.807) is 41.5 Å². The Morgan fingerprint density at radius 2 is 0.922 bits per heavy atom. The molecule has 278 valence electrons. The Labute approximate surface area is 329 Å². The molecule has 3 aromatic carbocycles. The SMILES string of the molecule is CC(C)[O-].CC(C)[O-].CC(C)[O-].CC1=[C-]C(C)([Si](c2ccccc2)(c2cc(C)cc(C)c2)c2cc(C(C)(C)C)cc(C(C)(C)C)c2)C(C)=C1C.[Ti+4]. The van der Waals surface area contributed by atoms with Gasteiger partial charge in [0.15, 0.2) is 0 Å². The minimum absolute atomic E-state index is 0. The number of rotatable bonds is 4. The quantitative estimate of drug-likeness (QED) is 0.158. The molecule has 4 rings (SSSR count). The van der Waals surface area contributed by atoms with Crippen molar-refractivity contribution in [3.8, 4) is 0 Å². The Kier molecular flexibility index (Phi) is 19.1. The summed E-state index contributed by atoms with van der Waals surface area (Å²) in [6.45, 7) is 37.7. The molecule has 1 aliphatic carbocycles. The van der Waals surface area contributed by atoms with E-state index in [4.69, 9.17) is 0 Å². The molecule has 1 aliphatic rings. The van der Waals surface area contributed by atoms with Crippen LogP contribution in [0.2, 0.25) is 5.04 Å². The van der Waals surface area contributed by atoms with Crippen molar-refractivity contribution in [2.45, 2.75) is 159 Å². The summed E-state index contributed by atoms with van der Waals surface area (Å²) in [4.78, 5) is 0. The third kappa shape index (κ3) is 13.1. The molecule has 0 N–H and O–H groups in total. The minimum atomic E-state index is -2.73. The molecule has 0 saturated heterocycles. The van der Waals surface area contributed by atoms with Crippen LogP contribution in [0, 0.1) is 19.9 Å². The van der Waals surface area contributed by atoms with Crippen molar-refractivity contribution in [2.24, 2.45) is 0 Å². The fourth-order valence-corrected chi connectivity index (χ4v) is 12.7. The largest absolute Gasteiger partial charge is 4.00 e. The molecule has 0 aromatic heterocycles. The number of hydrogen-bond acceptors (Lipinski definition) is 3. The summed E-state index contributed by atoms with van der Waals surface area (Å²) in [7, 11) is -2.73. The molecule has 2 unspecified atom stereocenters. The molecule has 0 amide bonds. The summed E-state index contributed by atoms with van der Waals surface area (Å²) in [6, 6.07) is 26.3. The third-order valence-electron chi connectivity index (χ3n) is 9.02. The van der Waals surface area contributed by atoms with Crippen molar-refractivity contribution in [1.29, 1.82) is 0 Å². The van der Waals surface area contributed by atoms with Gasteiger partial charge in [0.2, 0.25) is 0 Å². The summed E-state index contributed by atoms with van der Waals surface area (Å²) in [5.74, 6) is 0. The van der Waals surface area contributed by atoms with E-state index in [0.29, 0.717) is 0 Å². The molecule has 0 fully saturated rings. The van der Waals surface area contributed by atoms with E-state index >= 15 is 0 Å². The molecule has 5 heteroatoms. The van der Waals surface area contributed by atoms with E-state index < -0.39 is 26.4 Å². The van der Waals surface area contributed by atoms with Crippen molar-refractivity contribution >= 4 is 23.6 Å². The average molecular weight is 745 g/mol. The Balaban J connectivity index is 0.00000167. The maximum Gasteiger partial charge on any atom is 4.00 e. The maximum absolute atomic E-state index is 9.53. The van der Waals surface area contributed by atoms with Gasteiger partial charge in [0.25, 0.3) is 0 Å². The van der Waals surface area contributed by atoms with Gasteiger partial charge in [0.1, 0.15) is 8.07 Å². The van der Waals surface area contributed by atoms with E-state index in [1.165, 1.54) is 54.5 Å². The van der Waals surface area contributed by atoms with Gasteiger partial charge in [-0.2, -0.15) is 11.1 Å². The van der Waals surface area contributed by atoms with Gasteiger partial charge in [-0.25, -0.2) is 5.57 Å². The van der Waals surface area contributed by atoms with E-state index in [1.807, 2.05) is 0 Å². The van der Waals surface area contributed by atoms with Crippen LogP contribution in [0.5, 0.6) is 0 Å². The summed E-state index contributed by atoms with van der Waals surface area (Å²) in [6.07, 6.45) is 2.88. The molecular formula is C46H68O3SiTi. The van der Waals surface area contributed by atoms with Gasteiger partial charge in [0, 0.05) is 0 Å². The van der Waals surface area contributed by atoms with Gasteiger partial charge in [-0.1, -0.05) is 187 Å². The molecule has 0 spiro atoms. The normalized spacial score (nSPS) is 17.0. The van der Waals surface area contributed by atoms with Crippen LogP contribution in [0.3, 0.4) is 0 Å².